The summed E-state index contributed by atoms with van der Waals surface area (Å²) in [4.78, 5) is 14.5. The van der Waals surface area contributed by atoms with Gasteiger partial charge in [0.05, 0.1) is 45.5 Å². The molecule has 0 atom stereocenters. The number of anilines is 12. The molecule has 57 heavy (non-hydrogen) atoms. The van der Waals surface area contributed by atoms with Gasteiger partial charge in [0.1, 0.15) is 5.01 Å². The summed E-state index contributed by atoms with van der Waals surface area (Å²) in [7, 11) is 0. The Balaban J connectivity index is 0.954. The van der Waals surface area contributed by atoms with Crippen molar-refractivity contribution in [3.63, 3.8) is 0 Å². The standard InChI is InChI=1S/C50H34N6S/c1-3-19-37(20-4-1)53-41-25-7-11-29-45(41)55(46-30-12-8-26-42(46)53)39-23-15-17-35(33-39)49-51-50(57-52-49)36-18-16-24-40(34-36)56-47-31-13-9-27-43(47)54(38-21-5-2-6-22-38)44-28-10-14-32-48(44)56/h1-34H. The fourth-order valence-electron chi connectivity index (χ4n) is 8.18. The second-order valence-corrected chi connectivity index (χ2v) is 14.7. The summed E-state index contributed by atoms with van der Waals surface area (Å²) in [5.74, 6) is 0.707. The van der Waals surface area contributed by atoms with Crippen LogP contribution in [0.5, 0.6) is 0 Å². The van der Waals surface area contributed by atoms with Crippen LogP contribution in [-0.2, 0) is 0 Å². The maximum Gasteiger partial charge on any atom is 0.173 e. The average molecular weight is 751 g/mol. The third-order valence-corrected chi connectivity index (χ3v) is 11.4. The normalized spacial score (nSPS) is 12.8. The first-order valence-electron chi connectivity index (χ1n) is 19.0. The molecule has 8 aromatic carbocycles. The number of hydrogen-bond acceptors (Lipinski definition) is 7. The van der Waals surface area contributed by atoms with Crippen LogP contribution in [0.3, 0.4) is 0 Å². The minimum absolute atomic E-state index is 0.707. The third-order valence-electron chi connectivity index (χ3n) is 10.6. The fourth-order valence-corrected chi connectivity index (χ4v) is 8.85. The summed E-state index contributed by atoms with van der Waals surface area (Å²) in [6.07, 6.45) is 0. The monoisotopic (exact) mass is 750 g/mol. The molecule has 2 aliphatic heterocycles. The lowest BCUT2D eigenvalue weighted by Crippen LogP contribution is -2.23. The molecule has 0 saturated carbocycles. The Morgan fingerprint density at radius 2 is 0.614 bits per heavy atom. The Hall–Kier alpha value is -7.48. The van der Waals surface area contributed by atoms with Crippen LogP contribution in [0.2, 0.25) is 0 Å². The molecule has 0 fully saturated rings. The van der Waals surface area contributed by atoms with Gasteiger partial charge in [0, 0.05) is 33.9 Å². The minimum Gasteiger partial charge on any atom is -0.306 e. The van der Waals surface area contributed by atoms with Gasteiger partial charge >= 0.3 is 0 Å². The van der Waals surface area contributed by atoms with Crippen molar-refractivity contribution < 1.29 is 0 Å². The van der Waals surface area contributed by atoms with Crippen molar-refractivity contribution in [1.82, 2.24) is 9.36 Å². The molecule has 0 saturated heterocycles. The van der Waals surface area contributed by atoms with E-state index in [1.54, 1.807) is 0 Å². The zero-order valence-electron chi connectivity index (χ0n) is 30.7. The molecule has 6 nitrogen and oxygen atoms in total. The molecular weight excluding hydrogens is 717 g/mol. The highest BCUT2D eigenvalue weighted by molar-refractivity contribution is 7.09. The predicted octanol–water partition coefficient (Wildman–Crippen LogP) is 14.4. The van der Waals surface area contributed by atoms with Gasteiger partial charge in [-0.3, -0.25) is 0 Å². The molecule has 0 aliphatic carbocycles. The van der Waals surface area contributed by atoms with Gasteiger partial charge in [0.15, 0.2) is 5.82 Å². The highest BCUT2D eigenvalue weighted by Gasteiger charge is 2.32. The average Bonchev–Trinajstić information content (AvgIpc) is 3.79. The Morgan fingerprint density at radius 1 is 0.298 bits per heavy atom. The molecule has 2 aliphatic rings. The molecule has 11 rings (SSSR count). The quantitative estimate of drug-likeness (QED) is 0.168. The first-order valence-corrected chi connectivity index (χ1v) is 19.8. The number of para-hydroxylation sites is 10. The van der Waals surface area contributed by atoms with E-state index in [1.807, 2.05) is 0 Å². The molecule has 1 aromatic heterocycles. The Labute approximate surface area is 335 Å². The number of aromatic nitrogens is 2. The molecule has 7 heteroatoms. The van der Waals surface area contributed by atoms with Gasteiger partial charge in [-0.25, -0.2) is 4.98 Å². The summed E-state index contributed by atoms with van der Waals surface area (Å²) < 4.78 is 4.93. The van der Waals surface area contributed by atoms with Gasteiger partial charge in [-0.2, -0.15) is 4.37 Å². The Morgan fingerprint density at radius 3 is 1.02 bits per heavy atom. The summed E-state index contributed by atoms with van der Waals surface area (Å²) >= 11 is 1.43. The second-order valence-electron chi connectivity index (χ2n) is 14.0. The van der Waals surface area contributed by atoms with Crippen molar-refractivity contribution in [1.29, 1.82) is 0 Å². The molecule has 9 aromatic rings. The molecule has 0 bridgehead atoms. The van der Waals surface area contributed by atoms with E-state index in [1.165, 1.54) is 11.5 Å². The molecular formula is C50H34N6S. The van der Waals surface area contributed by atoms with E-state index in [0.717, 1.165) is 84.4 Å². The zero-order valence-corrected chi connectivity index (χ0v) is 31.5. The lowest BCUT2D eigenvalue weighted by Gasteiger charge is -2.40. The zero-order chi connectivity index (χ0) is 37.7. The molecule has 0 spiro atoms. The van der Waals surface area contributed by atoms with E-state index in [4.69, 9.17) is 9.36 Å². The fraction of sp³-hybridized carbons (Fsp3) is 0. The second kappa shape index (κ2) is 13.7. The lowest BCUT2D eigenvalue weighted by molar-refractivity contribution is 1.17. The minimum atomic E-state index is 0.707. The maximum atomic E-state index is 5.16. The van der Waals surface area contributed by atoms with Gasteiger partial charge in [0.25, 0.3) is 0 Å². The Bertz CT molecular complexity index is 2620. The molecule has 0 unspecified atom stereocenters. The van der Waals surface area contributed by atoms with Crippen LogP contribution >= 0.6 is 11.5 Å². The van der Waals surface area contributed by atoms with E-state index in [-0.39, 0.29) is 0 Å². The van der Waals surface area contributed by atoms with Crippen LogP contribution in [0.25, 0.3) is 22.0 Å². The molecule has 0 amide bonds. The number of benzene rings is 8. The number of nitrogens with zero attached hydrogens (tertiary/aromatic N) is 6. The van der Waals surface area contributed by atoms with Gasteiger partial charge in [-0.05, 0) is 109 Å². The van der Waals surface area contributed by atoms with E-state index < -0.39 is 0 Å². The third kappa shape index (κ3) is 5.55. The highest BCUT2D eigenvalue weighted by Crippen LogP contribution is 2.55. The Kier molecular flexibility index (Phi) is 7.89. The molecule has 0 radical (unpaired) electrons. The van der Waals surface area contributed by atoms with E-state index in [9.17, 15) is 0 Å². The molecule has 270 valence electrons. The van der Waals surface area contributed by atoms with Crippen LogP contribution in [0.1, 0.15) is 0 Å². The number of rotatable bonds is 6. The van der Waals surface area contributed by atoms with Crippen molar-refractivity contribution in [3.05, 3.63) is 206 Å². The topological polar surface area (TPSA) is 38.7 Å². The SMILES string of the molecule is c1ccc(N2c3ccccc3N(c3cccc(-c4nsc(-c5cccc(N6c7ccccc7N(c7ccccc7)c7ccccc76)c5)n4)c3)c3ccccc32)cc1. The summed E-state index contributed by atoms with van der Waals surface area (Å²) in [6, 6.07) is 72.8. The van der Waals surface area contributed by atoms with E-state index in [2.05, 4.69) is 226 Å². The van der Waals surface area contributed by atoms with Crippen molar-refractivity contribution in [2.75, 3.05) is 19.6 Å². The van der Waals surface area contributed by atoms with Crippen LogP contribution in [0.4, 0.5) is 68.2 Å². The van der Waals surface area contributed by atoms with Gasteiger partial charge in [-0.15, -0.1) is 0 Å². The van der Waals surface area contributed by atoms with Crippen LogP contribution in [0, 0.1) is 0 Å². The van der Waals surface area contributed by atoms with Gasteiger partial charge in [-0.1, -0.05) is 109 Å². The van der Waals surface area contributed by atoms with E-state index in [0.29, 0.717) is 5.82 Å². The molecule has 0 N–H and O–H groups in total. The number of hydrogen-bond donors (Lipinski definition) is 0. The largest absolute Gasteiger partial charge is 0.306 e. The number of fused-ring (bicyclic) bond motifs is 4. The van der Waals surface area contributed by atoms with Crippen LogP contribution < -0.4 is 19.6 Å². The first-order chi connectivity index (χ1) is 28.3. The van der Waals surface area contributed by atoms with Crippen molar-refractivity contribution >= 4 is 79.8 Å². The molecule has 3 heterocycles. The summed E-state index contributed by atoms with van der Waals surface area (Å²) in [5.41, 5.74) is 15.3. The summed E-state index contributed by atoms with van der Waals surface area (Å²) in [6.45, 7) is 0. The van der Waals surface area contributed by atoms with Crippen molar-refractivity contribution in [2.45, 2.75) is 0 Å². The van der Waals surface area contributed by atoms with Gasteiger partial charge in [0.2, 0.25) is 0 Å². The van der Waals surface area contributed by atoms with E-state index >= 15 is 0 Å². The summed E-state index contributed by atoms with van der Waals surface area (Å²) in [5, 5.41) is 0.869. The predicted molar refractivity (Wildman–Crippen MR) is 237 cm³/mol. The first kappa shape index (κ1) is 32.9. The van der Waals surface area contributed by atoms with Crippen LogP contribution in [-0.4, -0.2) is 9.36 Å². The lowest BCUT2D eigenvalue weighted by atomic mass is 10.0. The van der Waals surface area contributed by atoms with Crippen molar-refractivity contribution in [2.24, 2.45) is 0 Å². The smallest absolute Gasteiger partial charge is 0.173 e. The van der Waals surface area contributed by atoms with Crippen molar-refractivity contribution in [3.8, 4) is 22.0 Å². The van der Waals surface area contributed by atoms with Gasteiger partial charge < -0.3 is 19.6 Å². The van der Waals surface area contributed by atoms with Crippen LogP contribution in [0.15, 0.2) is 206 Å². The highest BCUT2D eigenvalue weighted by atomic mass is 32.1. The maximum absolute atomic E-state index is 5.16.